The van der Waals surface area contributed by atoms with E-state index in [1.54, 1.807) is 18.2 Å². The van der Waals surface area contributed by atoms with Gasteiger partial charge in [-0.25, -0.2) is 17.9 Å². The Bertz CT molecular complexity index is 552. The number of benzene rings is 1. The average Bonchev–Trinajstić information content (AvgIpc) is 2.37. The third-order valence-electron chi connectivity index (χ3n) is 2.93. The normalized spacial score (nSPS) is 11.8. The van der Waals surface area contributed by atoms with Gasteiger partial charge in [-0.05, 0) is 30.4 Å². The topological polar surface area (TPSA) is 83.5 Å². The van der Waals surface area contributed by atoms with Gasteiger partial charge in [0.2, 0.25) is 10.0 Å². The van der Waals surface area contributed by atoms with Crippen molar-refractivity contribution >= 4 is 16.0 Å². The molecule has 0 saturated carbocycles. The molecule has 0 saturated heterocycles. The standard InChI is InChI=1S/C14H21NO4S/c1-11(2)8-10-20(18,19)15-9-7-12-5-3-4-6-13(12)14(16)17/h3-6,11,15H,7-10H2,1-2H3,(H,16,17). The molecule has 1 aromatic rings. The Morgan fingerprint density at radius 3 is 2.55 bits per heavy atom. The molecule has 5 nitrogen and oxygen atoms in total. The molecule has 0 fully saturated rings. The lowest BCUT2D eigenvalue weighted by Crippen LogP contribution is -2.29. The van der Waals surface area contributed by atoms with Crippen molar-refractivity contribution in [3.8, 4) is 0 Å². The monoisotopic (exact) mass is 299 g/mol. The van der Waals surface area contributed by atoms with E-state index in [0.717, 1.165) is 0 Å². The van der Waals surface area contributed by atoms with Crippen molar-refractivity contribution in [2.24, 2.45) is 5.92 Å². The largest absolute Gasteiger partial charge is 0.478 e. The van der Waals surface area contributed by atoms with Crippen molar-refractivity contribution in [2.75, 3.05) is 12.3 Å². The molecule has 0 aliphatic carbocycles. The van der Waals surface area contributed by atoms with Crippen LogP contribution in [0.5, 0.6) is 0 Å². The van der Waals surface area contributed by atoms with Crippen molar-refractivity contribution in [1.82, 2.24) is 4.72 Å². The molecule has 0 aromatic heterocycles. The molecule has 0 spiro atoms. The van der Waals surface area contributed by atoms with E-state index in [1.807, 2.05) is 13.8 Å². The summed E-state index contributed by atoms with van der Waals surface area (Å²) < 4.78 is 25.9. The first-order valence-electron chi connectivity index (χ1n) is 6.60. The third-order valence-corrected chi connectivity index (χ3v) is 4.35. The molecule has 1 aromatic carbocycles. The minimum Gasteiger partial charge on any atom is -0.478 e. The van der Waals surface area contributed by atoms with Crippen LogP contribution in [-0.2, 0) is 16.4 Å². The maximum absolute atomic E-state index is 11.7. The number of hydrogen-bond donors (Lipinski definition) is 2. The SMILES string of the molecule is CC(C)CCS(=O)(=O)NCCc1ccccc1C(=O)O. The first kappa shape index (κ1) is 16.7. The summed E-state index contributed by atoms with van der Waals surface area (Å²) in [4.78, 5) is 11.0. The number of aromatic carboxylic acids is 1. The molecule has 112 valence electrons. The van der Waals surface area contributed by atoms with Crippen LogP contribution >= 0.6 is 0 Å². The van der Waals surface area contributed by atoms with Gasteiger partial charge in [-0.1, -0.05) is 32.0 Å². The fourth-order valence-electron chi connectivity index (χ4n) is 1.75. The lowest BCUT2D eigenvalue weighted by Gasteiger charge is -2.09. The Hall–Kier alpha value is -1.40. The zero-order valence-electron chi connectivity index (χ0n) is 11.8. The van der Waals surface area contributed by atoms with Crippen LogP contribution in [0.2, 0.25) is 0 Å². The van der Waals surface area contributed by atoms with E-state index in [1.165, 1.54) is 6.07 Å². The molecule has 0 aliphatic rings. The molecule has 6 heteroatoms. The van der Waals surface area contributed by atoms with Crippen LogP contribution in [0, 0.1) is 5.92 Å². The van der Waals surface area contributed by atoms with Gasteiger partial charge in [-0.2, -0.15) is 0 Å². The molecule has 0 bridgehead atoms. The summed E-state index contributed by atoms with van der Waals surface area (Å²) in [6.45, 7) is 4.15. The summed E-state index contributed by atoms with van der Waals surface area (Å²) in [6.07, 6.45) is 0.977. The van der Waals surface area contributed by atoms with Gasteiger partial charge in [0.15, 0.2) is 0 Å². The minimum atomic E-state index is -3.28. The van der Waals surface area contributed by atoms with Gasteiger partial charge < -0.3 is 5.11 Å². The number of carboxylic acid groups (broad SMARTS) is 1. The maximum atomic E-state index is 11.7. The van der Waals surface area contributed by atoms with Gasteiger partial charge in [-0.3, -0.25) is 0 Å². The first-order valence-corrected chi connectivity index (χ1v) is 8.25. The smallest absolute Gasteiger partial charge is 0.335 e. The molecule has 0 atom stereocenters. The van der Waals surface area contributed by atoms with Gasteiger partial charge in [0, 0.05) is 6.54 Å². The van der Waals surface area contributed by atoms with Crippen LogP contribution < -0.4 is 4.72 Å². The molecule has 20 heavy (non-hydrogen) atoms. The molecule has 0 aliphatic heterocycles. The molecule has 0 radical (unpaired) electrons. The van der Waals surface area contributed by atoms with E-state index in [2.05, 4.69) is 4.72 Å². The van der Waals surface area contributed by atoms with Crippen molar-refractivity contribution in [2.45, 2.75) is 26.7 Å². The van der Waals surface area contributed by atoms with Crippen molar-refractivity contribution in [3.05, 3.63) is 35.4 Å². The highest BCUT2D eigenvalue weighted by Gasteiger charge is 2.12. The van der Waals surface area contributed by atoms with Crippen molar-refractivity contribution in [3.63, 3.8) is 0 Å². The summed E-state index contributed by atoms with van der Waals surface area (Å²) in [7, 11) is -3.28. The molecule has 0 amide bonds. The number of nitrogens with one attached hydrogen (secondary N) is 1. The van der Waals surface area contributed by atoms with Crippen LogP contribution in [0.1, 0.15) is 36.2 Å². The van der Waals surface area contributed by atoms with Gasteiger partial charge in [0.25, 0.3) is 0 Å². The summed E-state index contributed by atoms with van der Waals surface area (Å²) >= 11 is 0. The number of sulfonamides is 1. The Labute approximate surface area is 120 Å². The van der Waals surface area contributed by atoms with Crippen LogP contribution in [0.15, 0.2) is 24.3 Å². The van der Waals surface area contributed by atoms with Crippen LogP contribution in [0.3, 0.4) is 0 Å². The fourth-order valence-corrected chi connectivity index (χ4v) is 3.09. The quantitative estimate of drug-likeness (QED) is 0.768. The predicted octanol–water partition coefficient (Wildman–Crippen LogP) is 1.89. The predicted molar refractivity (Wildman–Crippen MR) is 78.3 cm³/mol. The second kappa shape index (κ2) is 7.40. The minimum absolute atomic E-state index is 0.102. The van der Waals surface area contributed by atoms with Gasteiger partial charge in [0.05, 0.1) is 11.3 Å². The van der Waals surface area contributed by atoms with E-state index in [0.29, 0.717) is 24.3 Å². The first-order chi connectivity index (χ1) is 9.32. The van der Waals surface area contributed by atoms with Crippen LogP contribution in [-0.4, -0.2) is 31.8 Å². The van der Waals surface area contributed by atoms with Gasteiger partial charge in [0.1, 0.15) is 0 Å². The third kappa shape index (κ3) is 5.71. The fraction of sp³-hybridized carbons (Fsp3) is 0.500. The second-order valence-electron chi connectivity index (χ2n) is 5.11. The Kier molecular flexibility index (Phi) is 6.16. The van der Waals surface area contributed by atoms with E-state index in [-0.39, 0.29) is 17.9 Å². The number of carboxylic acids is 1. The van der Waals surface area contributed by atoms with E-state index in [4.69, 9.17) is 5.11 Å². The Balaban J connectivity index is 2.55. The Morgan fingerprint density at radius 1 is 1.30 bits per heavy atom. The molecule has 0 heterocycles. The molecular weight excluding hydrogens is 278 g/mol. The highest BCUT2D eigenvalue weighted by molar-refractivity contribution is 7.89. The van der Waals surface area contributed by atoms with Crippen molar-refractivity contribution in [1.29, 1.82) is 0 Å². The number of hydrogen-bond acceptors (Lipinski definition) is 3. The molecule has 0 unspecified atom stereocenters. The summed E-state index contributed by atoms with van der Waals surface area (Å²) in [5, 5.41) is 9.03. The average molecular weight is 299 g/mol. The van der Waals surface area contributed by atoms with E-state index >= 15 is 0 Å². The molecular formula is C14H21NO4S. The number of rotatable bonds is 8. The molecule has 2 N–H and O–H groups in total. The lowest BCUT2D eigenvalue weighted by molar-refractivity contribution is 0.0695. The maximum Gasteiger partial charge on any atom is 0.335 e. The lowest BCUT2D eigenvalue weighted by atomic mass is 10.1. The zero-order chi connectivity index (χ0) is 15.2. The van der Waals surface area contributed by atoms with E-state index < -0.39 is 16.0 Å². The van der Waals surface area contributed by atoms with Crippen LogP contribution in [0.25, 0.3) is 0 Å². The molecule has 1 rings (SSSR count). The van der Waals surface area contributed by atoms with Crippen molar-refractivity contribution < 1.29 is 18.3 Å². The van der Waals surface area contributed by atoms with Gasteiger partial charge >= 0.3 is 5.97 Å². The summed E-state index contributed by atoms with van der Waals surface area (Å²) in [6, 6.07) is 6.62. The number of carbonyl (C=O) groups is 1. The van der Waals surface area contributed by atoms with E-state index in [9.17, 15) is 13.2 Å². The highest BCUT2D eigenvalue weighted by Crippen LogP contribution is 2.09. The Morgan fingerprint density at radius 2 is 1.95 bits per heavy atom. The second-order valence-corrected chi connectivity index (χ2v) is 7.03. The zero-order valence-corrected chi connectivity index (χ0v) is 12.6. The summed E-state index contributed by atoms with van der Waals surface area (Å²) in [5.41, 5.74) is 0.848. The van der Waals surface area contributed by atoms with Gasteiger partial charge in [-0.15, -0.1) is 0 Å². The highest BCUT2D eigenvalue weighted by atomic mass is 32.2. The summed E-state index contributed by atoms with van der Waals surface area (Å²) in [5.74, 6) is -0.562. The van der Waals surface area contributed by atoms with Crippen LogP contribution in [0.4, 0.5) is 0 Å².